The summed E-state index contributed by atoms with van der Waals surface area (Å²) in [5.74, 6) is 0.393. The first-order valence-corrected chi connectivity index (χ1v) is 8.96. The largest absolute Gasteiger partial charge is 0.474 e. The molecular formula is C18H26N4O3. The van der Waals surface area contributed by atoms with E-state index in [1.165, 1.54) is 0 Å². The fraction of sp³-hybridized carbons (Fsp3) is 0.611. The highest BCUT2D eigenvalue weighted by atomic mass is 16.5. The molecule has 0 radical (unpaired) electrons. The fourth-order valence-electron chi connectivity index (χ4n) is 2.91. The Balaban J connectivity index is 1.41. The summed E-state index contributed by atoms with van der Waals surface area (Å²) >= 11 is 0. The lowest BCUT2D eigenvalue weighted by molar-refractivity contribution is -0.125. The van der Waals surface area contributed by atoms with Crippen LogP contribution in [-0.4, -0.2) is 53.1 Å². The molecule has 1 aliphatic heterocycles. The van der Waals surface area contributed by atoms with Gasteiger partial charge in [-0.2, -0.15) is 0 Å². The number of imide groups is 1. The normalized spacial score (nSPS) is 19.9. The second-order valence-electron chi connectivity index (χ2n) is 6.94. The van der Waals surface area contributed by atoms with Gasteiger partial charge in [-0.25, -0.2) is 9.78 Å². The van der Waals surface area contributed by atoms with Gasteiger partial charge in [-0.3, -0.25) is 15.0 Å². The van der Waals surface area contributed by atoms with Crippen LogP contribution in [0.5, 0.6) is 5.88 Å². The summed E-state index contributed by atoms with van der Waals surface area (Å²) < 4.78 is 5.91. The quantitative estimate of drug-likeness (QED) is 0.846. The molecule has 1 saturated heterocycles. The van der Waals surface area contributed by atoms with E-state index in [2.05, 4.69) is 20.5 Å². The molecule has 2 heterocycles. The van der Waals surface area contributed by atoms with Crippen LogP contribution < -0.4 is 15.4 Å². The highest BCUT2D eigenvalue weighted by Crippen LogP contribution is 2.19. The first-order chi connectivity index (χ1) is 12.0. The van der Waals surface area contributed by atoms with Gasteiger partial charge in [0, 0.05) is 31.4 Å². The molecule has 7 heteroatoms. The van der Waals surface area contributed by atoms with Crippen LogP contribution >= 0.6 is 0 Å². The Bertz CT molecular complexity index is 607. The molecule has 0 bridgehead atoms. The second kappa shape index (κ2) is 7.82. The number of aryl methyl sites for hydroxylation is 1. The predicted molar refractivity (Wildman–Crippen MR) is 93.4 cm³/mol. The van der Waals surface area contributed by atoms with E-state index in [-0.39, 0.29) is 30.1 Å². The summed E-state index contributed by atoms with van der Waals surface area (Å²) in [6.45, 7) is 5.35. The highest BCUT2D eigenvalue weighted by Gasteiger charge is 2.29. The van der Waals surface area contributed by atoms with E-state index >= 15 is 0 Å². The molecule has 136 valence electrons. The van der Waals surface area contributed by atoms with Crippen molar-refractivity contribution in [2.75, 3.05) is 13.1 Å². The standard InChI is InChI=1S/C18H26N4O3/c1-12-3-6-16(19-11-12)25-15-7-9-22(10-8-15)13(2)17(23)21-18(24)20-14-4-5-14/h3,6,11,13-15H,4-5,7-10H2,1-2H3,(H2,20,21,23,24)/t13-/m0/s1. The van der Waals surface area contributed by atoms with Crippen molar-refractivity contribution in [2.45, 2.75) is 57.7 Å². The number of carbonyl (C=O) groups is 2. The minimum atomic E-state index is -0.386. The Morgan fingerprint density at radius 3 is 2.56 bits per heavy atom. The lowest BCUT2D eigenvalue weighted by Gasteiger charge is -2.35. The van der Waals surface area contributed by atoms with Gasteiger partial charge in [0.2, 0.25) is 11.8 Å². The summed E-state index contributed by atoms with van der Waals surface area (Å²) in [6.07, 6.45) is 5.58. The molecule has 0 spiro atoms. The van der Waals surface area contributed by atoms with Crippen molar-refractivity contribution in [1.82, 2.24) is 20.5 Å². The number of rotatable bonds is 5. The monoisotopic (exact) mass is 346 g/mol. The van der Waals surface area contributed by atoms with E-state index in [4.69, 9.17) is 4.74 Å². The molecular weight excluding hydrogens is 320 g/mol. The van der Waals surface area contributed by atoms with Crippen LogP contribution in [0.25, 0.3) is 0 Å². The molecule has 2 N–H and O–H groups in total. The second-order valence-corrected chi connectivity index (χ2v) is 6.94. The molecule has 1 aromatic heterocycles. The van der Waals surface area contributed by atoms with Crippen LogP contribution in [0.4, 0.5) is 4.79 Å². The van der Waals surface area contributed by atoms with Crippen molar-refractivity contribution in [3.63, 3.8) is 0 Å². The average molecular weight is 346 g/mol. The van der Waals surface area contributed by atoms with E-state index in [1.807, 2.05) is 26.0 Å². The van der Waals surface area contributed by atoms with Crippen LogP contribution in [0.1, 0.15) is 38.2 Å². The number of hydrogen-bond donors (Lipinski definition) is 2. The van der Waals surface area contributed by atoms with Gasteiger partial charge < -0.3 is 10.1 Å². The number of likely N-dealkylation sites (tertiary alicyclic amines) is 1. The zero-order valence-corrected chi connectivity index (χ0v) is 14.8. The van der Waals surface area contributed by atoms with Crippen molar-refractivity contribution in [3.05, 3.63) is 23.9 Å². The Morgan fingerprint density at radius 1 is 1.24 bits per heavy atom. The van der Waals surface area contributed by atoms with Crippen LogP contribution in [0.15, 0.2) is 18.3 Å². The number of ether oxygens (including phenoxy) is 1. The molecule has 1 saturated carbocycles. The van der Waals surface area contributed by atoms with E-state index < -0.39 is 0 Å². The number of piperidine rings is 1. The molecule has 1 aromatic rings. The predicted octanol–water partition coefficient (Wildman–Crippen LogP) is 1.61. The third-order valence-electron chi connectivity index (χ3n) is 4.72. The van der Waals surface area contributed by atoms with Gasteiger partial charge in [0.15, 0.2) is 0 Å². The number of nitrogens with one attached hydrogen (secondary N) is 2. The molecule has 1 atom stereocenters. The minimum absolute atomic E-state index is 0.111. The number of carbonyl (C=O) groups excluding carboxylic acids is 2. The smallest absolute Gasteiger partial charge is 0.321 e. The average Bonchev–Trinajstić information content (AvgIpc) is 3.40. The number of urea groups is 1. The first kappa shape index (κ1) is 17.7. The summed E-state index contributed by atoms with van der Waals surface area (Å²) in [6, 6.07) is 3.39. The molecule has 7 nitrogen and oxygen atoms in total. The van der Waals surface area contributed by atoms with E-state index in [0.29, 0.717) is 5.88 Å². The third kappa shape index (κ3) is 5.16. The van der Waals surface area contributed by atoms with Gasteiger partial charge in [0.1, 0.15) is 6.10 Å². The van der Waals surface area contributed by atoms with Gasteiger partial charge in [-0.1, -0.05) is 6.07 Å². The molecule has 2 fully saturated rings. The minimum Gasteiger partial charge on any atom is -0.474 e. The van der Waals surface area contributed by atoms with Crippen molar-refractivity contribution >= 4 is 11.9 Å². The van der Waals surface area contributed by atoms with Gasteiger partial charge in [0.25, 0.3) is 0 Å². The zero-order chi connectivity index (χ0) is 17.8. The van der Waals surface area contributed by atoms with Crippen LogP contribution in [0.2, 0.25) is 0 Å². The summed E-state index contributed by atoms with van der Waals surface area (Å²) in [7, 11) is 0. The summed E-state index contributed by atoms with van der Waals surface area (Å²) in [4.78, 5) is 30.2. The van der Waals surface area contributed by atoms with Crippen molar-refractivity contribution in [2.24, 2.45) is 0 Å². The Hall–Kier alpha value is -2.15. The van der Waals surface area contributed by atoms with Gasteiger partial charge in [0.05, 0.1) is 6.04 Å². The topological polar surface area (TPSA) is 83.6 Å². The van der Waals surface area contributed by atoms with Crippen molar-refractivity contribution < 1.29 is 14.3 Å². The summed E-state index contributed by atoms with van der Waals surface area (Å²) in [5, 5.41) is 5.20. The number of nitrogens with zero attached hydrogens (tertiary/aromatic N) is 2. The number of hydrogen-bond acceptors (Lipinski definition) is 5. The lowest BCUT2D eigenvalue weighted by atomic mass is 10.1. The molecule has 0 unspecified atom stereocenters. The maximum absolute atomic E-state index is 12.2. The SMILES string of the molecule is Cc1ccc(OC2CCN([C@@H](C)C(=O)NC(=O)NC3CC3)CC2)nc1. The fourth-order valence-corrected chi connectivity index (χ4v) is 2.91. The number of amides is 3. The van der Waals surface area contributed by atoms with Crippen LogP contribution in [-0.2, 0) is 4.79 Å². The molecule has 0 aromatic carbocycles. The zero-order valence-electron chi connectivity index (χ0n) is 14.8. The van der Waals surface area contributed by atoms with Gasteiger partial charge in [-0.15, -0.1) is 0 Å². The molecule has 1 aliphatic carbocycles. The number of pyridine rings is 1. The molecule has 3 rings (SSSR count). The molecule has 3 amide bonds. The van der Waals surface area contributed by atoms with E-state index in [0.717, 1.165) is 44.3 Å². The van der Waals surface area contributed by atoms with Crippen molar-refractivity contribution in [3.8, 4) is 5.88 Å². The Kier molecular flexibility index (Phi) is 5.53. The van der Waals surface area contributed by atoms with Gasteiger partial charge in [-0.05, 0) is 45.1 Å². The first-order valence-electron chi connectivity index (χ1n) is 8.96. The van der Waals surface area contributed by atoms with Gasteiger partial charge >= 0.3 is 6.03 Å². The van der Waals surface area contributed by atoms with Crippen molar-refractivity contribution in [1.29, 1.82) is 0 Å². The van der Waals surface area contributed by atoms with E-state index in [1.54, 1.807) is 6.20 Å². The maximum atomic E-state index is 12.2. The lowest BCUT2D eigenvalue weighted by Crippen LogP contribution is -2.52. The maximum Gasteiger partial charge on any atom is 0.321 e. The summed E-state index contributed by atoms with van der Waals surface area (Å²) in [5.41, 5.74) is 1.10. The number of aromatic nitrogens is 1. The Labute approximate surface area is 148 Å². The Morgan fingerprint density at radius 2 is 1.96 bits per heavy atom. The van der Waals surface area contributed by atoms with Crippen LogP contribution in [0.3, 0.4) is 0 Å². The highest BCUT2D eigenvalue weighted by molar-refractivity contribution is 5.97. The molecule has 25 heavy (non-hydrogen) atoms. The van der Waals surface area contributed by atoms with Crippen LogP contribution in [0, 0.1) is 6.92 Å². The molecule has 2 aliphatic rings. The van der Waals surface area contributed by atoms with E-state index in [9.17, 15) is 9.59 Å². The third-order valence-corrected chi connectivity index (χ3v) is 4.72.